The van der Waals surface area contributed by atoms with Gasteiger partial charge in [-0.05, 0) is 28.8 Å². The SMILES string of the molecule is COc1cccc([C@H]2C[C@H](C(F)(F)F)n3ncc(C(=O)N(Cc4ccccc4)Cc4ccccc4)c3N2)c1. The number of carbonyl (C=O) groups excluding carboxylic acids is 1. The van der Waals surface area contributed by atoms with Crippen molar-refractivity contribution < 1.29 is 22.7 Å². The first-order chi connectivity index (χ1) is 18.3. The number of amides is 1. The van der Waals surface area contributed by atoms with E-state index in [0.717, 1.165) is 15.8 Å². The third-order valence-electron chi connectivity index (χ3n) is 6.68. The number of fused-ring (bicyclic) bond motifs is 1. The molecule has 0 bridgehead atoms. The number of alkyl halides is 3. The van der Waals surface area contributed by atoms with Gasteiger partial charge in [-0.2, -0.15) is 18.3 Å². The minimum Gasteiger partial charge on any atom is -0.497 e. The molecule has 1 amide bonds. The van der Waals surface area contributed by atoms with Crippen LogP contribution in [-0.2, 0) is 13.1 Å². The first-order valence-corrected chi connectivity index (χ1v) is 12.3. The zero-order chi connectivity index (χ0) is 26.7. The van der Waals surface area contributed by atoms with Crippen LogP contribution < -0.4 is 10.1 Å². The van der Waals surface area contributed by atoms with Crippen molar-refractivity contribution in [1.29, 1.82) is 0 Å². The van der Waals surface area contributed by atoms with Gasteiger partial charge < -0.3 is 15.0 Å². The third-order valence-corrected chi connectivity index (χ3v) is 6.68. The quantitative estimate of drug-likeness (QED) is 0.307. The molecule has 3 aromatic carbocycles. The van der Waals surface area contributed by atoms with Gasteiger partial charge in [0.1, 0.15) is 17.1 Å². The van der Waals surface area contributed by atoms with Gasteiger partial charge in [-0.1, -0.05) is 72.8 Å². The number of hydrogen-bond acceptors (Lipinski definition) is 4. The normalized spacial score (nSPS) is 16.8. The van der Waals surface area contributed by atoms with Crippen molar-refractivity contribution in [2.45, 2.75) is 37.8 Å². The Morgan fingerprint density at radius 3 is 2.21 bits per heavy atom. The highest BCUT2D eigenvalue weighted by molar-refractivity contribution is 5.99. The number of aromatic nitrogens is 2. The van der Waals surface area contributed by atoms with Crippen LogP contribution in [0.25, 0.3) is 0 Å². The minimum atomic E-state index is -4.55. The molecule has 38 heavy (non-hydrogen) atoms. The minimum absolute atomic E-state index is 0.0579. The third kappa shape index (κ3) is 5.37. The molecule has 0 unspecified atom stereocenters. The fourth-order valence-corrected chi connectivity index (χ4v) is 4.77. The number of ether oxygens (including phenoxy) is 1. The largest absolute Gasteiger partial charge is 0.497 e. The number of nitrogens with zero attached hydrogens (tertiary/aromatic N) is 3. The smallest absolute Gasteiger partial charge is 0.410 e. The van der Waals surface area contributed by atoms with Crippen LogP contribution >= 0.6 is 0 Å². The van der Waals surface area contributed by atoms with Crippen molar-refractivity contribution in [2.75, 3.05) is 12.4 Å². The molecule has 2 heterocycles. The van der Waals surface area contributed by atoms with Crippen molar-refractivity contribution in [3.05, 3.63) is 113 Å². The van der Waals surface area contributed by atoms with E-state index in [1.54, 1.807) is 29.2 Å². The Labute approximate surface area is 218 Å². The standard InChI is InChI=1S/C29H27F3N4O2/c1-38-23-14-8-13-22(15-23)25-16-26(29(30,31)32)36-27(34-25)24(17-33-36)28(37)35(18-20-9-4-2-5-10-20)19-21-11-6-3-7-12-21/h2-15,17,25-26,34H,16,18-19H2,1H3/t25-,26-/m1/s1. The van der Waals surface area contributed by atoms with Gasteiger partial charge >= 0.3 is 6.18 Å². The number of benzene rings is 3. The van der Waals surface area contributed by atoms with Crippen molar-refractivity contribution >= 4 is 11.7 Å². The molecule has 0 saturated carbocycles. The van der Waals surface area contributed by atoms with Gasteiger partial charge in [0.05, 0.1) is 19.3 Å². The van der Waals surface area contributed by atoms with Gasteiger partial charge in [0.15, 0.2) is 6.04 Å². The van der Waals surface area contributed by atoms with Gasteiger partial charge in [-0.25, -0.2) is 4.68 Å². The number of methoxy groups -OCH3 is 1. The summed E-state index contributed by atoms with van der Waals surface area (Å²) in [7, 11) is 1.51. The first-order valence-electron chi connectivity index (χ1n) is 12.3. The van der Waals surface area contributed by atoms with E-state index in [0.29, 0.717) is 24.4 Å². The van der Waals surface area contributed by atoms with Crippen molar-refractivity contribution in [3.63, 3.8) is 0 Å². The summed E-state index contributed by atoms with van der Waals surface area (Å²) < 4.78 is 48.7. The Morgan fingerprint density at radius 2 is 1.63 bits per heavy atom. The summed E-state index contributed by atoms with van der Waals surface area (Å²) in [6, 6.07) is 23.3. The zero-order valence-electron chi connectivity index (χ0n) is 20.7. The second-order valence-corrected chi connectivity index (χ2v) is 9.25. The van der Waals surface area contributed by atoms with E-state index in [1.165, 1.54) is 13.3 Å². The van der Waals surface area contributed by atoms with E-state index in [9.17, 15) is 18.0 Å². The molecule has 0 radical (unpaired) electrons. The highest BCUT2D eigenvalue weighted by atomic mass is 19.4. The summed E-state index contributed by atoms with van der Waals surface area (Å²) >= 11 is 0. The molecule has 6 nitrogen and oxygen atoms in total. The van der Waals surface area contributed by atoms with Gasteiger partial charge in [0.2, 0.25) is 0 Å². The fourth-order valence-electron chi connectivity index (χ4n) is 4.77. The number of anilines is 1. The van der Waals surface area contributed by atoms with Crippen LogP contribution in [0.15, 0.2) is 91.1 Å². The topological polar surface area (TPSA) is 59.4 Å². The lowest BCUT2D eigenvalue weighted by Crippen LogP contribution is -2.37. The number of nitrogens with one attached hydrogen (secondary N) is 1. The van der Waals surface area contributed by atoms with Crippen molar-refractivity contribution in [2.24, 2.45) is 0 Å². The molecule has 0 aliphatic carbocycles. The molecule has 1 N–H and O–H groups in total. The molecule has 0 saturated heterocycles. The van der Waals surface area contributed by atoms with Crippen molar-refractivity contribution in [1.82, 2.24) is 14.7 Å². The highest BCUT2D eigenvalue weighted by Gasteiger charge is 2.47. The maximum atomic E-state index is 14.2. The molecule has 9 heteroatoms. The lowest BCUT2D eigenvalue weighted by Gasteiger charge is -2.34. The molecule has 1 aliphatic heterocycles. The zero-order valence-corrected chi connectivity index (χ0v) is 20.7. The molecular formula is C29H27F3N4O2. The van der Waals surface area contributed by atoms with E-state index >= 15 is 0 Å². The lowest BCUT2D eigenvalue weighted by atomic mass is 9.96. The van der Waals surface area contributed by atoms with Crippen LogP contribution in [0.5, 0.6) is 5.75 Å². The molecule has 0 spiro atoms. The van der Waals surface area contributed by atoms with E-state index in [-0.39, 0.29) is 17.8 Å². The first kappa shape index (κ1) is 25.4. The monoisotopic (exact) mass is 520 g/mol. The molecule has 1 aliphatic rings. The fraction of sp³-hybridized carbons (Fsp3) is 0.241. The maximum Gasteiger partial charge on any atom is 0.410 e. The Kier molecular flexibility index (Phi) is 7.09. The van der Waals surface area contributed by atoms with E-state index in [4.69, 9.17) is 4.74 Å². The summed E-state index contributed by atoms with van der Waals surface area (Å²) in [5, 5.41) is 7.22. The second kappa shape index (κ2) is 10.6. The van der Waals surface area contributed by atoms with Gasteiger partial charge in [-0.15, -0.1) is 0 Å². The lowest BCUT2D eigenvalue weighted by molar-refractivity contribution is -0.173. The average molecular weight is 521 g/mol. The van der Waals surface area contributed by atoms with Gasteiger partial charge in [-0.3, -0.25) is 4.79 Å². The van der Waals surface area contributed by atoms with Crippen LogP contribution in [0.2, 0.25) is 0 Å². The Hall–Kier alpha value is -4.27. The highest BCUT2D eigenvalue weighted by Crippen LogP contribution is 2.45. The number of rotatable bonds is 7. The second-order valence-electron chi connectivity index (χ2n) is 9.25. The van der Waals surface area contributed by atoms with Crippen LogP contribution in [-0.4, -0.2) is 33.9 Å². The van der Waals surface area contributed by atoms with E-state index < -0.39 is 24.2 Å². The molecule has 5 rings (SSSR count). The molecular weight excluding hydrogens is 493 g/mol. The Morgan fingerprint density at radius 1 is 1.00 bits per heavy atom. The number of halogens is 3. The number of carbonyl (C=O) groups is 1. The molecule has 196 valence electrons. The number of hydrogen-bond donors (Lipinski definition) is 1. The predicted octanol–water partition coefficient (Wildman–Crippen LogP) is 6.39. The maximum absolute atomic E-state index is 14.2. The van der Waals surface area contributed by atoms with Crippen LogP contribution in [0.3, 0.4) is 0 Å². The van der Waals surface area contributed by atoms with E-state index in [1.807, 2.05) is 60.7 Å². The summed E-state index contributed by atoms with van der Waals surface area (Å²) in [6.45, 7) is 0.586. The average Bonchev–Trinajstić information content (AvgIpc) is 3.36. The molecule has 0 fully saturated rings. The van der Waals surface area contributed by atoms with Gasteiger partial charge in [0, 0.05) is 19.5 Å². The summed E-state index contributed by atoms with van der Waals surface area (Å²) in [4.78, 5) is 15.5. The Bertz CT molecular complexity index is 1350. The Balaban J connectivity index is 1.52. The van der Waals surface area contributed by atoms with Crippen LogP contribution in [0.4, 0.5) is 19.0 Å². The van der Waals surface area contributed by atoms with E-state index in [2.05, 4.69) is 10.4 Å². The summed E-state index contributed by atoms with van der Waals surface area (Å²) in [5.74, 6) is 0.196. The molecule has 2 atom stereocenters. The van der Waals surface area contributed by atoms with Crippen LogP contribution in [0.1, 0.15) is 45.6 Å². The van der Waals surface area contributed by atoms with Crippen molar-refractivity contribution in [3.8, 4) is 5.75 Å². The summed E-state index contributed by atoms with van der Waals surface area (Å²) in [5.41, 5.74) is 2.55. The van der Waals surface area contributed by atoms with Crippen LogP contribution in [0, 0.1) is 0 Å². The molecule has 4 aromatic rings. The van der Waals surface area contributed by atoms with Gasteiger partial charge in [0.25, 0.3) is 5.91 Å². The predicted molar refractivity (Wildman–Crippen MR) is 138 cm³/mol. The summed E-state index contributed by atoms with van der Waals surface area (Å²) in [6.07, 6.45) is -3.58. The molecule has 1 aromatic heterocycles.